The number of aryl methyl sites for hydroxylation is 2. The van der Waals surface area contributed by atoms with Crippen LogP contribution in [0, 0.1) is 11.8 Å². The Hall–Kier alpha value is -3.58. The van der Waals surface area contributed by atoms with E-state index in [0.29, 0.717) is 5.69 Å². The zero-order chi connectivity index (χ0) is 21.9. The van der Waals surface area contributed by atoms with Gasteiger partial charge in [-0.05, 0) is 90.8 Å². The molecule has 2 aromatic carbocycles. The van der Waals surface area contributed by atoms with Gasteiger partial charge in [-0.25, -0.2) is 0 Å². The molecule has 5 rings (SSSR count). The topological polar surface area (TPSA) is 32.3 Å². The number of hydrogen-bond donors (Lipinski definition) is 0. The third kappa shape index (κ3) is 4.38. The maximum Gasteiger partial charge on any atom is 0.136 e. The first kappa shape index (κ1) is 20.3. The average molecular weight is 421 g/mol. The fourth-order valence-electron chi connectivity index (χ4n) is 4.58. The molecular formula is C28H28N4. The van der Waals surface area contributed by atoms with Crippen molar-refractivity contribution < 1.29 is 0 Å². The van der Waals surface area contributed by atoms with Crippen molar-refractivity contribution >= 4 is 23.5 Å². The van der Waals surface area contributed by atoms with E-state index in [1.807, 2.05) is 32.3 Å². The van der Waals surface area contributed by atoms with Gasteiger partial charge in [0, 0.05) is 44.1 Å². The third-order valence-electron chi connectivity index (χ3n) is 6.21. The number of hydrogen-bond acceptors (Lipinski definition) is 4. The number of aromatic nitrogens is 2. The van der Waals surface area contributed by atoms with Crippen molar-refractivity contribution in [2.75, 3.05) is 37.0 Å². The maximum atomic E-state index is 4.32. The molecule has 160 valence electrons. The summed E-state index contributed by atoms with van der Waals surface area (Å²) in [5.41, 5.74) is 9.35. The molecule has 1 aromatic heterocycles. The molecule has 4 heteroatoms. The lowest BCUT2D eigenvalue weighted by atomic mass is 9.90. The average Bonchev–Trinajstić information content (AvgIpc) is 2.83. The summed E-state index contributed by atoms with van der Waals surface area (Å²) in [6.07, 6.45) is 8.83. The Morgan fingerprint density at radius 2 is 1.56 bits per heavy atom. The van der Waals surface area contributed by atoms with Crippen LogP contribution in [0.25, 0.3) is 12.2 Å². The van der Waals surface area contributed by atoms with E-state index in [0.717, 1.165) is 29.7 Å². The molecule has 0 amide bonds. The predicted octanol–water partition coefficient (Wildman–Crippen LogP) is 4.81. The largest absolute Gasteiger partial charge is 0.378 e. The molecular weight excluding hydrogens is 392 g/mol. The molecule has 0 bridgehead atoms. The van der Waals surface area contributed by atoms with Gasteiger partial charge < -0.3 is 9.80 Å². The highest BCUT2D eigenvalue weighted by atomic mass is 15.1. The first-order valence-electron chi connectivity index (χ1n) is 11.4. The lowest BCUT2D eigenvalue weighted by molar-refractivity contribution is 0.634. The van der Waals surface area contributed by atoms with Crippen LogP contribution in [-0.2, 0) is 12.8 Å². The van der Waals surface area contributed by atoms with Crippen molar-refractivity contribution in [2.24, 2.45) is 0 Å². The number of rotatable bonds is 3. The molecule has 0 unspecified atom stereocenters. The fraction of sp³-hybridized carbons (Fsp3) is 0.286. The molecule has 3 heterocycles. The van der Waals surface area contributed by atoms with Gasteiger partial charge in [-0.15, -0.1) is 10.2 Å². The quantitative estimate of drug-likeness (QED) is 0.569. The Morgan fingerprint density at radius 3 is 2.19 bits per heavy atom. The molecule has 4 nitrogen and oxygen atoms in total. The molecule has 0 atom stereocenters. The normalized spacial score (nSPS) is 14.6. The van der Waals surface area contributed by atoms with Gasteiger partial charge in [0.25, 0.3) is 0 Å². The minimum Gasteiger partial charge on any atom is -0.378 e. The van der Waals surface area contributed by atoms with E-state index in [4.69, 9.17) is 0 Å². The van der Waals surface area contributed by atoms with Crippen molar-refractivity contribution in [3.8, 4) is 11.8 Å². The zero-order valence-corrected chi connectivity index (χ0v) is 18.8. The van der Waals surface area contributed by atoms with E-state index < -0.39 is 0 Å². The second-order valence-electron chi connectivity index (χ2n) is 8.75. The smallest absolute Gasteiger partial charge is 0.136 e. The summed E-state index contributed by atoms with van der Waals surface area (Å²) in [5.74, 6) is 6.52. The molecule has 2 aliphatic heterocycles. The molecule has 0 saturated heterocycles. The summed E-state index contributed by atoms with van der Waals surface area (Å²) >= 11 is 0. The maximum absolute atomic E-state index is 4.32. The van der Waals surface area contributed by atoms with Gasteiger partial charge in [0.05, 0.1) is 5.69 Å². The van der Waals surface area contributed by atoms with Crippen LogP contribution in [0.3, 0.4) is 0 Å². The summed E-state index contributed by atoms with van der Waals surface area (Å²) in [4.78, 5) is 4.65. The minimum atomic E-state index is 0.700. The molecule has 32 heavy (non-hydrogen) atoms. The SMILES string of the molecule is CN(C)c1ccc(/C=C/c2ccc(C#Cc3cc4c5c(c3)CCCN5CCC4)nn2)cc1. The van der Waals surface area contributed by atoms with Gasteiger partial charge in [-0.1, -0.05) is 24.1 Å². The first-order valence-corrected chi connectivity index (χ1v) is 11.4. The van der Waals surface area contributed by atoms with Crippen molar-refractivity contribution in [1.82, 2.24) is 10.2 Å². The van der Waals surface area contributed by atoms with Crippen LogP contribution in [0.2, 0.25) is 0 Å². The van der Waals surface area contributed by atoms with Crippen LogP contribution in [0.5, 0.6) is 0 Å². The predicted molar refractivity (Wildman–Crippen MR) is 133 cm³/mol. The molecule has 0 N–H and O–H groups in total. The highest BCUT2D eigenvalue weighted by Gasteiger charge is 2.23. The number of anilines is 2. The van der Waals surface area contributed by atoms with Gasteiger partial charge in [0.1, 0.15) is 5.69 Å². The Balaban J connectivity index is 1.30. The third-order valence-corrected chi connectivity index (χ3v) is 6.21. The molecule has 0 aliphatic carbocycles. The second kappa shape index (κ2) is 8.88. The Labute approximate surface area is 190 Å². The van der Waals surface area contributed by atoms with Crippen molar-refractivity contribution in [3.05, 3.63) is 82.2 Å². The van der Waals surface area contributed by atoms with Gasteiger partial charge in [0.2, 0.25) is 0 Å². The first-order chi connectivity index (χ1) is 15.7. The van der Waals surface area contributed by atoms with Crippen molar-refractivity contribution in [2.45, 2.75) is 25.7 Å². The number of nitrogens with zero attached hydrogens (tertiary/aromatic N) is 4. The highest BCUT2D eigenvalue weighted by Crippen LogP contribution is 2.35. The molecule has 0 saturated carbocycles. The zero-order valence-electron chi connectivity index (χ0n) is 18.8. The molecule has 2 aliphatic rings. The summed E-state index contributed by atoms with van der Waals surface area (Å²) < 4.78 is 0. The molecule has 0 spiro atoms. The van der Waals surface area contributed by atoms with Crippen LogP contribution in [-0.4, -0.2) is 37.4 Å². The summed E-state index contributed by atoms with van der Waals surface area (Å²) in [6, 6.07) is 16.9. The standard InChI is InChI=1S/C28H28N4/c1-31(2)27-15-9-21(10-16-27)7-11-25-13-14-26(30-29-25)12-8-22-19-23-5-3-17-32-18-4-6-24(20-22)28(23)32/h7,9-11,13-16,19-20H,3-6,17-18H2,1-2H3/b11-7+. The van der Waals surface area contributed by atoms with Crippen LogP contribution in [0.4, 0.5) is 11.4 Å². The van der Waals surface area contributed by atoms with E-state index in [1.54, 1.807) is 0 Å². The Bertz CT molecular complexity index is 1160. The fourth-order valence-corrected chi connectivity index (χ4v) is 4.58. The van der Waals surface area contributed by atoms with E-state index in [9.17, 15) is 0 Å². The number of benzene rings is 2. The van der Waals surface area contributed by atoms with E-state index >= 15 is 0 Å². The van der Waals surface area contributed by atoms with Crippen LogP contribution < -0.4 is 9.80 Å². The lowest BCUT2D eigenvalue weighted by Crippen LogP contribution is -2.34. The summed E-state index contributed by atoms with van der Waals surface area (Å²) in [5, 5.41) is 8.63. The lowest BCUT2D eigenvalue weighted by Gasteiger charge is -2.37. The van der Waals surface area contributed by atoms with Gasteiger partial charge in [-0.3, -0.25) is 0 Å². The van der Waals surface area contributed by atoms with E-state index in [2.05, 4.69) is 74.3 Å². The molecule has 3 aromatic rings. The van der Waals surface area contributed by atoms with Gasteiger partial charge >= 0.3 is 0 Å². The summed E-state index contributed by atoms with van der Waals surface area (Å²) in [7, 11) is 4.08. The molecule has 0 radical (unpaired) electrons. The highest BCUT2D eigenvalue weighted by molar-refractivity contribution is 5.69. The minimum absolute atomic E-state index is 0.700. The van der Waals surface area contributed by atoms with Crippen molar-refractivity contribution in [1.29, 1.82) is 0 Å². The molecule has 0 fully saturated rings. The van der Waals surface area contributed by atoms with E-state index in [1.165, 1.54) is 48.4 Å². The van der Waals surface area contributed by atoms with Crippen molar-refractivity contribution in [3.63, 3.8) is 0 Å². The van der Waals surface area contributed by atoms with Gasteiger partial charge in [0.15, 0.2) is 0 Å². The Morgan fingerprint density at radius 1 is 0.844 bits per heavy atom. The van der Waals surface area contributed by atoms with Gasteiger partial charge in [-0.2, -0.15) is 0 Å². The summed E-state index contributed by atoms with van der Waals surface area (Å²) in [6.45, 7) is 2.39. The second-order valence-corrected chi connectivity index (χ2v) is 8.75. The van der Waals surface area contributed by atoms with Crippen LogP contribution in [0.15, 0.2) is 48.5 Å². The van der Waals surface area contributed by atoms with E-state index in [-0.39, 0.29) is 0 Å². The van der Waals surface area contributed by atoms with Crippen LogP contribution >= 0.6 is 0 Å². The van der Waals surface area contributed by atoms with Crippen LogP contribution in [0.1, 0.15) is 46.5 Å². The Kier molecular flexibility index (Phi) is 5.64. The monoisotopic (exact) mass is 420 g/mol.